The van der Waals surface area contributed by atoms with Gasteiger partial charge in [-0.3, -0.25) is 9.48 Å². The summed E-state index contributed by atoms with van der Waals surface area (Å²) in [5.74, 6) is 5.71. The van der Waals surface area contributed by atoms with Crippen molar-refractivity contribution < 1.29 is 9.53 Å². The first-order chi connectivity index (χ1) is 14.8. The van der Waals surface area contributed by atoms with E-state index in [0.29, 0.717) is 24.3 Å². The number of Topliss-reactive ketones (excluding diaryl/α,β-unsaturated/α-hetero) is 1. The topological polar surface area (TPSA) is 44.1 Å². The van der Waals surface area contributed by atoms with Crippen LogP contribution >= 0.6 is 0 Å². The van der Waals surface area contributed by atoms with Crippen molar-refractivity contribution >= 4 is 5.78 Å². The fourth-order valence-electron chi connectivity index (χ4n) is 8.94. The van der Waals surface area contributed by atoms with Crippen molar-refractivity contribution in [3.63, 3.8) is 0 Å². The van der Waals surface area contributed by atoms with E-state index in [2.05, 4.69) is 25.9 Å². The van der Waals surface area contributed by atoms with E-state index >= 15 is 0 Å². The minimum atomic E-state index is 0.194. The van der Waals surface area contributed by atoms with E-state index in [4.69, 9.17) is 4.74 Å². The Bertz CT molecular complexity index is 818. The molecule has 1 heterocycles. The third-order valence-electron chi connectivity index (χ3n) is 10.6. The second-order valence-corrected chi connectivity index (χ2v) is 12.0. The molecule has 0 spiro atoms. The van der Waals surface area contributed by atoms with Gasteiger partial charge in [-0.2, -0.15) is 5.10 Å². The van der Waals surface area contributed by atoms with Crippen LogP contribution in [0.25, 0.3) is 0 Å². The van der Waals surface area contributed by atoms with Gasteiger partial charge in [-0.25, -0.2) is 0 Å². The van der Waals surface area contributed by atoms with Crippen LogP contribution in [0.15, 0.2) is 12.4 Å². The summed E-state index contributed by atoms with van der Waals surface area (Å²) in [4.78, 5) is 13.4. The average molecular weight is 427 g/mol. The summed E-state index contributed by atoms with van der Waals surface area (Å²) in [6.07, 6.45) is 15.7. The van der Waals surface area contributed by atoms with E-state index in [1.54, 1.807) is 10.9 Å². The number of hydrogen-bond acceptors (Lipinski definition) is 3. The number of ether oxygens (including phenoxy) is 1. The van der Waals surface area contributed by atoms with Gasteiger partial charge in [0.15, 0.2) is 11.5 Å². The maximum absolute atomic E-state index is 13.4. The van der Waals surface area contributed by atoms with Gasteiger partial charge >= 0.3 is 0 Å². The summed E-state index contributed by atoms with van der Waals surface area (Å²) in [6, 6.07) is 0. The lowest BCUT2D eigenvalue weighted by Gasteiger charge is -2.61. The van der Waals surface area contributed by atoms with E-state index in [9.17, 15) is 4.79 Å². The molecule has 8 atom stereocenters. The van der Waals surface area contributed by atoms with Crippen LogP contribution in [0.4, 0.5) is 0 Å². The highest BCUT2D eigenvalue weighted by Gasteiger charge is 2.60. The number of aromatic nitrogens is 2. The summed E-state index contributed by atoms with van der Waals surface area (Å²) in [6.45, 7) is 10.6. The molecule has 172 valence electrons. The molecular formula is C27H42N2O2. The molecule has 1 aromatic heterocycles. The van der Waals surface area contributed by atoms with Gasteiger partial charge < -0.3 is 4.74 Å². The van der Waals surface area contributed by atoms with E-state index in [-0.39, 0.29) is 11.3 Å². The Kier molecular flexibility index (Phi) is 5.50. The summed E-state index contributed by atoms with van der Waals surface area (Å²) >= 11 is 0. The second-order valence-electron chi connectivity index (χ2n) is 12.0. The van der Waals surface area contributed by atoms with Crippen LogP contribution in [-0.4, -0.2) is 22.2 Å². The zero-order valence-corrected chi connectivity index (χ0v) is 20.1. The fraction of sp³-hybridized carbons (Fsp3) is 0.852. The Balaban J connectivity index is 1.31. The molecule has 4 heteroatoms. The normalized spacial score (nSPS) is 44.3. The quantitative estimate of drug-likeness (QED) is 0.567. The summed E-state index contributed by atoms with van der Waals surface area (Å²) in [5.41, 5.74) is 0.753. The molecule has 0 aliphatic heterocycles. The number of carbonyl (C=O) groups excluding carboxylic acids is 1. The maximum atomic E-state index is 13.4. The number of rotatable bonds is 5. The third-order valence-corrected chi connectivity index (χ3v) is 10.6. The molecule has 8 unspecified atom stereocenters. The van der Waals surface area contributed by atoms with Gasteiger partial charge in [-0.1, -0.05) is 27.2 Å². The summed E-state index contributed by atoms with van der Waals surface area (Å²) in [7, 11) is 0. The zero-order chi connectivity index (χ0) is 21.8. The lowest BCUT2D eigenvalue weighted by Crippen LogP contribution is -2.53. The Morgan fingerprint density at radius 1 is 1.10 bits per heavy atom. The average Bonchev–Trinajstić information content (AvgIpc) is 3.32. The van der Waals surface area contributed by atoms with Gasteiger partial charge in [0.2, 0.25) is 0 Å². The molecule has 4 aliphatic carbocycles. The molecule has 5 rings (SSSR count). The highest BCUT2D eigenvalue weighted by molar-refractivity contribution is 5.82. The predicted molar refractivity (Wildman–Crippen MR) is 123 cm³/mol. The van der Waals surface area contributed by atoms with Crippen LogP contribution in [0.2, 0.25) is 0 Å². The van der Waals surface area contributed by atoms with Gasteiger partial charge in [-0.05, 0) is 98.7 Å². The van der Waals surface area contributed by atoms with Gasteiger partial charge in [0.05, 0.1) is 25.5 Å². The van der Waals surface area contributed by atoms with Crippen molar-refractivity contribution in [2.75, 3.05) is 6.61 Å². The van der Waals surface area contributed by atoms with Gasteiger partial charge in [0, 0.05) is 5.92 Å². The molecule has 0 amide bonds. The van der Waals surface area contributed by atoms with Crippen LogP contribution in [0, 0.1) is 46.3 Å². The van der Waals surface area contributed by atoms with Crippen molar-refractivity contribution in [1.29, 1.82) is 0 Å². The smallest absolute Gasteiger partial charge is 0.157 e. The van der Waals surface area contributed by atoms with Crippen molar-refractivity contribution in [2.24, 2.45) is 46.3 Å². The van der Waals surface area contributed by atoms with Crippen LogP contribution in [-0.2, 0) is 11.3 Å². The van der Waals surface area contributed by atoms with E-state index in [1.807, 2.05) is 13.1 Å². The molecular weight excluding hydrogens is 384 g/mol. The Labute approximate surface area is 188 Å². The van der Waals surface area contributed by atoms with Crippen molar-refractivity contribution in [3.8, 4) is 5.75 Å². The molecule has 1 aromatic rings. The molecule has 4 fully saturated rings. The molecule has 0 bridgehead atoms. The fourth-order valence-corrected chi connectivity index (χ4v) is 8.94. The van der Waals surface area contributed by atoms with Crippen molar-refractivity contribution in [1.82, 2.24) is 9.78 Å². The first-order valence-corrected chi connectivity index (χ1v) is 13.0. The predicted octanol–water partition coefficient (Wildman–Crippen LogP) is 6.15. The molecule has 31 heavy (non-hydrogen) atoms. The molecule has 4 saturated carbocycles. The molecule has 0 saturated heterocycles. The number of fused-ring (bicyclic) bond motifs is 5. The molecule has 0 radical (unpaired) electrons. The lowest BCUT2D eigenvalue weighted by atomic mass is 9.44. The van der Waals surface area contributed by atoms with Crippen molar-refractivity contribution in [3.05, 3.63) is 12.4 Å². The first kappa shape index (κ1) is 21.5. The summed E-state index contributed by atoms with van der Waals surface area (Å²) < 4.78 is 7.31. The van der Waals surface area contributed by atoms with Crippen molar-refractivity contribution in [2.45, 2.75) is 92.0 Å². The van der Waals surface area contributed by atoms with E-state index in [0.717, 1.165) is 41.8 Å². The number of carbonyl (C=O) groups is 1. The first-order valence-electron chi connectivity index (χ1n) is 13.0. The van der Waals surface area contributed by atoms with E-state index in [1.165, 1.54) is 51.4 Å². The van der Waals surface area contributed by atoms with Crippen LogP contribution in [0.1, 0.15) is 85.5 Å². The minimum Gasteiger partial charge on any atom is -0.491 e. The van der Waals surface area contributed by atoms with Gasteiger partial charge in [-0.15, -0.1) is 0 Å². The zero-order valence-electron chi connectivity index (χ0n) is 20.1. The number of ketones is 1. The van der Waals surface area contributed by atoms with Crippen LogP contribution in [0.3, 0.4) is 0 Å². The SMILES string of the molecule is CCOc1cnn(CC(=O)C2CCC3C4CCC5CC(C)CCC5(C)C4CCC23C)c1. The molecule has 4 nitrogen and oxygen atoms in total. The second kappa shape index (κ2) is 7.92. The standard InChI is InChI=1S/C27H42N2O2/c1-5-31-20-15-28-29(16-20)17-25(30)24-9-8-22-21-7-6-19-14-18(2)10-12-26(19,3)23(21)11-13-27(22,24)4/h15-16,18-19,21-24H,5-14,17H2,1-4H3. The highest BCUT2D eigenvalue weighted by Crippen LogP contribution is 2.67. The Hall–Kier alpha value is -1.32. The number of nitrogens with zero attached hydrogens (tertiary/aromatic N) is 2. The molecule has 4 aliphatic rings. The summed E-state index contributed by atoms with van der Waals surface area (Å²) in [5, 5.41) is 4.37. The maximum Gasteiger partial charge on any atom is 0.157 e. The van der Waals surface area contributed by atoms with Crippen LogP contribution < -0.4 is 4.74 Å². The highest BCUT2D eigenvalue weighted by atomic mass is 16.5. The number of hydrogen-bond donors (Lipinski definition) is 0. The third kappa shape index (κ3) is 3.47. The minimum absolute atomic E-state index is 0.194. The molecule has 0 aromatic carbocycles. The van der Waals surface area contributed by atoms with Crippen LogP contribution in [0.5, 0.6) is 5.75 Å². The Morgan fingerprint density at radius 2 is 1.87 bits per heavy atom. The monoisotopic (exact) mass is 426 g/mol. The molecule has 0 N–H and O–H groups in total. The van der Waals surface area contributed by atoms with Gasteiger partial charge in [0.25, 0.3) is 0 Å². The Morgan fingerprint density at radius 3 is 2.68 bits per heavy atom. The van der Waals surface area contributed by atoms with E-state index < -0.39 is 0 Å². The van der Waals surface area contributed by atoms with Gasteiger partial charge in [0.1, 0.15) is 0 Å². The lowest BCUT2D eigenvalue weighted by molar-refractivity contribution is -0.137. The largest absolute Gasteiger partial charge is 0.491 e.